The van der Waals surface area contributed by atoms with Gasteiger partial charge in [0.1, 0.15) is 5.82 Å². The molecule has 0 aliphatic carbocycles. The summed E-state index contributed by atoms with van der Waals surface area (Å²) in [7, 11) is 0. The van der Waals surface area contributed by atoms with E-state index in [0.29, 0.717) is 49.6 Å². The molecule has 1 atom stereocenters. The van der Waals surface area contributed by atoms with Crippen LogP contribution in [0.4, 0.5) is 0 Å². The highest BCUT2D eigenvalue weighted by Gasteiger charge is 2.28. The van der Waals surface area contributed by atoms with Crippen molar-refractivity contribution >= 4 is 17.1 Å². The van der Waals surface area contributed by atoms with E-state index in [9.17, 15) is 9.59 Å². The summed E-state index contributed by atoms with van der Waals surface area (Å²) in [6.45, 7) is 5.92. The van der Waals surface area contributed by atoms with E-state index in [4.69, 9.17) is 10.7 Å². The molecular formula is C28H32N6O2. The van der Waals surface area contributed by atoms with Crippen LogP contribution in [0.25, 0.3) is 11.2 Å². The molecule has 36 heavy (non-hydrogen) atoms. The molecule has 0 saturated carbocycles. The topological polar surface area (TPSA) is 107 Å². The Hall–Kier alpha value is -3.91. The molecule has 1 unspecified atom stereocenters. The van der Waals surface area contributed by atoms with Crippen LogP contribution in [0.3, 0.4) is 0 Å². The zero-order chi connectivity index (χ0) is 25.5. The van der Waals surface area contributed by atoms with Gasteiger partial charge in [0, 0.05) is 37.0 Å². The van der Waals surface area contributed by atoms with Gasteiger partial charge in [-0.05, 0) is 36.6 Å². The average molecular weight is 485 g/mol. The summed E-state index contributed by atoms with van der Waals surface area (Å²) in [5.41, 5.74) is 7.72. The Balaban J connectivity index is 1.80. The summed E-state index contributed by atoms with van der Waals surface area (Å²) in [4.78, 5) is 42.3. The molecule has 4 aromatic rings. The van der Waals surface area contributed by atoms with E-state index in [1.807, 2.05) is 65.6 Å². The number of carbonyl (C=O) groups is 1. The molecule has 0 bridgehead atoms. The first-order valence-electron chi connectivity index (χ1n) is 12.3. The Morgan fingerprint density at radius 3 is 2.33 bits per heavy atom. The maximum atomic E-state index is 13.6. The summed E-state index contributed by atoms with van der Waals surface area (Å²) in [5, 5.41) is 0. The van der Waals surface area contributed by atoms with Crippen molar-refractivity contribution in [2.24, 2.45) is 11.7 Å². The van der Waals surface area contributed by atoms with Gasteiger partial charge in [-0.3, -0.25) is 14.2 Å². The molecule has 0 spiro atoms. The molecule has 4 rings (SSSR count). The average Bonchev–Trinajstić information content (AvgIpc) is 2.91. The van der Waals surface area contributed by atoms with E-state index in [-0.39, 0.29) is 28.8 Å². The van der Waals surface area contributed by atoms with Crippen molar-refractivity contribution in [1.82, 2.24) is 24.4 Å². The molecule has 0 aliphatic rings. The number of hydrogen-bond acceptors (Lipinski definition) is 6. The summed E-state index contributed by atoms with van der Waals surface area (Å²) in [6.07, 6.45) is 3.72. The molecule has 8 heteroatoms. The predicted molar refractivity (Wildman–Crippen MR) is 141 cm³/mol. The molecule has 2 aromatic carbocycles. The van der Waals surface area contributed by atoms with E-state index in [1.54, 1.807) is 4.57 Å². The Morgan fingerprint density at radius 1 is 1.00 bits per heavy atom. The number of benzene rings is 2. The van der Waals surface area contributed by atoms with Crippen LogP contribution in [0.15, 0.2) is 77.9 Å². The van der Waals surface area contributed by atoms with Crippen LogP contribution >= 0.6 is 0 Å². The lowest BCUT2D eigenvalue weighted by Crippen LogP contribution is -2.40. The third kappa shape index (κ3) is 5.66. The van der Waals surface area contributed by atoms with Gasteiger partial charge in [0.2, 0.25) is 0 Å². The van der Waals surface area contributed by atoms with Crippen LogP contribution in [0.1, 0.15) is 47.9 Å². The number of aromatic nitrogens is 4. The molecule has 8 nitrogen and oxygen atoms in total. The van der Waals surface area contributed by atoms with Gasteiger partial charge in [0.15, 0.2) is 11.2 Å². The quantitative estimate of drug-likeness (QED) is 0.369. The Kier molecular flexibility index (Phi) is 8.17. The van der Waals surface area contributed by atoms with Gasteiger partial charge in [-0.25, -0.2) is 15.0 Å². The second-order valence-corrected chi connectivity index (χ2v) is 9.19. The zero-order valence-corrected chi connectivity index (χ0v) is 20.7. The normalized spacial score (nSPS) is 12.1. The van der Waals surface area contributed by atoms with Gasteiger partial charge >= 0.3 is 0 Å². The van der Waals surface area contributed by atoms with Gasteiger partial charge in [-0.1, -0.05) is 62.4 Å². The molecule has 186 valence electrons. The van der Waals surface area contributed by atoms with Crippen LogP contribution in [-0.2, 0) is 6.54 Å². The summed E-state index contributed by atoms with van der Waals surface area (Å²) < 4.78 is 1.69. The fourth-order valence-electron chi connectivity index (χ4n) is 4.32. The van der Waals surface area contributed by atoms with Crippen LogP contribution in [0.5, 0.6) is 0 Å². The van der Waals surface area contributed by atoms with Crippen LogP contribution in [0.2, 0.25) is 0 Å². The Morgan fingerprint density at radius 2 is 1.67 bits per heavy atom. The Labute approximate surface area is 210 Å². The van der Waals surface area contributed by atoms with Crippen LogP contribution in [-0.4, -0.2) is 50.0 Å². The molecule has 0 radical (unpaired) electrons. The lowest BCUT2D eigenvalue weighted by Gasteiger charge is -2.31. The van der Waals surface area contributed by atoms with E-state index >= 15 is 0 Å². The highest BCUT2D eigenvalue weighted by molar-refractivity contribution is 5.94. The molecule has 2 N–H and O–H groups in total. The molecule has 2 aromatic heterocycles. The minimum absolute atomic E-state index is 0.0627. The van der Waals surface area contributed by atoms with E-state index in [1.165, 1.54) is 12.4 Å². The molecular weight excluding hydrogens is 452 g/mol. The second-order valence-electron chi connectivity index (χ2n) is 9.19. The number of rotatable bonds is 10. The maximum absolute atomic E-state index is 13.6. The highest BCUT2D eigenvalue weighted by Crippen LogP contribution is 2.26. The molecule has 2 heterocycles. The lowest BCUT2D eigenvalue weighted by molar-refractivity contribution is 0.0732. The molecule has 0 fully saturated rings. The summed E-state index contributed by atoms with van der Waals surface area (Å²) >= 11 is 0. The Bertz CT molecular complexity index is 1360. The molecule has 0 saturated heterocycles. The minimum atomic E-state index is -0.236. The van der Waals surface area contributed by atoms with Crippen molar-refractivity contribution in [3.63, 3.8) is 0 Å². The third-order valence-electron chi connectivity index (χ3n) is 6.30. The van der Waals surface area contributed by atoms with Gasteiger partial charge < -0.3 is 10.6 Å². The monoisotopic (exact) mass is 484 g/mol. The highest BCUT2D eigenvalue weighted by atomic mass is 16.2. The largest absolute Gasteiger partial charge is 0.338 e. The van der Waals surface area contributed by atoms with Gasteiger partial charge in [0.05, 0.1) is 6.54 Å². The first-order chi connectivity index (χ1) is 17.5. The van der Waals surface area contributed by atoms with E-state index in [0.717, 1.165) is 5.56 Å². The first kappa shape index (κ1) is 25.2. The predicted octanol–water partition coefficient (Wildman–Crippen LogP) is 3.47. The SMILES string of the molecule is CC(C)C(CN(CCCN)C(=O)c1ccccc1)c1nc2nccnc2c(=O)n1Cc1ccccc1. The van der Waals surface area contributed by atoms with E-state index < -0.39 is 0 Å². The van der Waals surface area contributed by atoms with E-state index in [2.05, 4.69) is 23.8 Å². The minimum Gasteiger partial charge on any atom is -0.338 e. The van der Waals surface area contributed by atoms with Crippen LogP contribution in [0, 0.1) is 5.92 Å². The smallest absolute Gasteiger partial charge is 0.282 e. The number of nitrogens with zero attached hydrogens (tertiary/aromatic N) is 5. The van der Waals surface area contributed by atoms with Gasteiger partial charge in [-0.15, -0.1) is 0 Å². The molecule has 0 aliphatic heterocycles. The van der Waals surface area contributed by atoms with Crippen molar-refractivity contribution in [1.29, 1.82) is 0 Å². The van der Waals surface area contributed by atoms with Crippen molar-refractivity contribution in [3.8, 4) is 0 Å². The fraction of sp³-hybridized carbons (Fsp3) is 0.321. The number of amides is 1. The first-order valence-corrected chi connectivity index (χ1v) is 12.3. The second kappa shape index (κ2) is 11.7. The van der Waals surface area contributed by atoms with Gasteiger partial charge in [-0.2, -0.15) is 0 Å². The van der Waals surface area contributed by atoms with Crippen molar-refractivity contribution < 1.29 is 4.79 Å². The summed E-state index contributed by atoms with van der Waals surface area (Å²) in [5.74, 6) is 0.424. The molecule has 1 amide bonds. The van der Waals surface area contributed by atoms with Crippen molar-refractivity contribution in [3.05, 3.63) is 100 Å². The number of hydrogen-bond donors (Lipinski definition) is 1. The standard InChI is InChI=1S/C28H32N6O2/c1-20(2)23(19-33(17-9-14-29)27(35)22-12-7-4-8-13-22)26-32-25-24(30-15-16-31-25)28(36)34(26)18-21-10-5-3-6-11-21/h3-8,10-13,15-16,20,23H,9,14,17-19,29H2,1-2H3. The number of carbonyl (C=O) groups excluding carboxylic acids is 1. The lowest BCUT2D eigenvalue weighted by atomic mass is 9.93. The van der Waals surface area contributed by atoms with Gasteiger partial charge in [0.25, 0.3) is 11.5 Å². The van der Waals surface area contributed by atoms with Crippen LogP contribution < -0.4 is 11.3 Å². The number of nitrogens with two attached hydrogens (primary N) is 1. The summed E-state index contributed by atoms with van der Waals surface area (Å²) in [6, 6.07) is 19.0. The fourth-order valence-corrected chi connectivity index (χ4v) is 4.32. The van der Waals surface area contributed by atoms with Crippen molar-refractivity contribution in [2.75, 3.05) is 19.6 Å². The van der Waals surface area contributed by atoms with Crippen molar-refractivity contribution in [2.45, 2.75) is 32.7 Å². The zero-order valence-electron chi connectivity index (χ0n) is 20.7. The third-order valence-corrected chi connectivity index (χ3v) is 6.30. The number of fused-ring (bicyclic) bond motifs is 1. The maximum Gasteiger partial charge on any atom is 0.282 e.